The quantitative estimate of drug-likeness (QED) is 0.662. The van der Waals surface area contributed by atoms with Crippen LogP contribution in [-0.2, 0) is 0 Å². The highest BCUT2D eigenvalue weighted by molar-refractivity contribution is 9.10. The van der Waals surface area contributed by atoms with E-state index >= 15 is 0 Å². The first-order valence-electron chi connectivity index (χ1n) is 5.68. The number of anilines is 1. The van der Waals surface area contributed by atoms with Crippen molar-refractivity contribution in [3.63, 3.8) is 0 Å². The zero-order valence-electron chi connectivity index (χ0n) is 9.32. The third-order valence-electron chi connectivity index (χ3n) is 3.65. The van der Waals surface area contributed by atoms with Crippen molar-refractivity contribution < 1.29 is 9.31 Å². The van der Waals surface area contributed by atoms with Crippen molar-refractivity contribution in [2.75, 3.05) is 18.4 Å². The Morgan fingerprint density at radius 1 is 1.44 bits per heavy atom. The average molecular weight is 316 g/mol. The number of hydrogen-bond acceptors (Lipinski definition) is 4. The first-order chi connectivity index (χ1) is 8.58. The summed E-state index contributed by atoms with van der Waals surface area (Å²) in [4.78, 5) is 10.4. The number of piperidine rings is 1. The van der Waals surface area contributed by atoms with Crippen LogP contribution in [-0.4, -0.2) is 24.1 Å². The van der Waals surface area contributed by atoms with Gasteiger partial charge in [0.1, 0.15) is 11.5 Å². The Hall–Kier alpha value is -1.21. The molecule has 2 aliphatic rings. The van der Waals surface area contributed by atoms with Gasteiger partial charge in [-0.25, -0.2) is 4.39 Å². The van der Waals surface area contributed by atoms with Crippen molar-refractivity contribution in [2.24, 2.45) is 11.8 Å². The summed E-state index contributed by atoms with van der Waals surface area (Å²) in [6, 6.07) is 2.61. The standard InChI is InChI=1S/C11H11BrFN3O2/c12-7-1-10(16(17)18)9(2-8(7)13)15-11-5-3-14-4-6(5)11/h1-2,5-6,11,14-15H,3-4H2. The van der Waals surface area contributed by atoms with Crippen LogP contribution in [0.4, 0.5) is 15.8 Å². The van der Waals surface area contributed by atoms with Crippen LogP contribution in [0.5, 0.6) is 0 Å². The monoisotopic (exact) mass is 315 g/mol. The Kier molecular flexibility index (Phi) is 2.74. The van der Waals surface area contributed by atoms with Gasteiger partial charge in [-0.15, -0.1) is 0 Å². The fourth-order valence-electron chi connectivity index (χ4n) is 2.61. The molecule has 1 heterocycles. The second-order valence-electron chi connectivity index (χ2n) is 4.70. The van der Waals surface area contributed by atoms with Gasteiger partial charge in [-0.05, 0) is 27.8 Å². The number of nitro groups is 1. The molecule has 1 saturated heterocycles. The SMILES string of the molecule is O=[N+]([O-])c1cc(Br)c(F)cc1NC1C2CNCC21. The molecule has 0 radical (unpaired) electrons. The second-order valence-corrected chi connectivity index (χ2v) is 5.55. The van der Waals surface area contributed by atoms with E-state index in [2.05, 4.69) is 26.6 Å². The number of halogens is 2. The molecule has 0 bridgehead atoms. The van der Waals surface area contributed by atoms with E-state index in [0.29, 0.717) is 11.8 Å². The predicted molar refractivity (Wildman–Crippen MR) is 68.0 cm³/mol. The molecule has 0 aromatic heterocycles. The molecule has 0 amide bonds. The average Bonchev–Trinajstić information content (AvgIpc) is 2.74. The minimum atomic E-state index is -0.497. The Labute approximate surface area is 111 Å². The van der Waals surface area contributed by atoms with Crippen LogP contribution in [0.25, 0.3) is 0 Å². The van der Waals surface area contributed by atoms with E-state index in [9.17, 15) is 14.5 Å². The normalized spacial score (nSPS) is 28.9. The Balaban J connectivity index is 1.86. The molecule has 0 spiro atoms. The number of nitrogens with one attached hydrogen (secondary N) is 2. The lowest BCUT2D eigenvalue weighted by Crippen LogP contribution is -2.21. The number of rotatable bonds is 3. The molecule has 2 atom stereocenters. The van der Waals surface area contributed by atoms with Crippen LogP contribution in [0.15, 0.2) is 16.6 Å². The van der Waals surface area contributed by atoms with Crippen LogP contribution >= 0.6 is 15.9 Å². The van der Waals surface area contributed by atoms with Crippen molar-refractivity contribution in [3.8, 4) is 0 Å². The molecule has 1 aromatic rings. The van der Waals surface area contributed by atoms with Crippen LogP contribution in [0, 0.1) is 27.8 Å². The lowest BCUT2D eigenvalue weighted by molar-refractivity contribution is -0.384. The first-order valence-corrected chi connectivity index (χ1v) is 6.48. The summed E-state index contributed by atoms with van der Waals surface area (Å²) in [5.74, 6) is 0.527. The van der Waals surface area contributed by atoms with Crippen molar-refractivity contribution in [1.29, 1.82) is 0 Å². The van der Waals surface area contributed by atoms with Crippen molar-refractivity contribution >= 4 is 27.3 Å². The highest BCUT2D eigenvalue weighted by Crippen LogP contribution is 2.45. The first kappa shape index (κ1) is 11.9. The highest BCUT2D eigenvalue weighted by atomic mass is 79.9. The highest BCUT2D eigenvalue weighted by Gasteiger charge is 2.53. The third kappa shape index (κ3) is 1.87. The van der Waals surface area contributed by atoms with Gasteiger partial charge in [0.25, 0.3) is 5.69 Å². The molecule has 2 N–H and O–H groups in total. The van der Waals surface area contributed by atoms with Gasteiger partial charge in [0, 0.05) is 31.3 Å². The number of hydrogen-bond donors (Lipinski definition) is 2. The topological polar surface area (TPSA) is 67.2 Å². The molecule has 2 fully saturated rings. The van der Waals surface area contributed by atoms with Crippen LogP contribution in [0.3, 0.4) is 0 Å². The van der Waals surface area contributed by atoms with Gasteiger partial charge in [0.2, 0.25) is 0 Å². The summed E-state index contributed by atoms with van der Waals surface area (Å²) in [6.45, 7) is 1.85. The lowest BCUT2D eigenvalue weighted by Gasteiger charge is -2.10. The van der Waals surface area contributed by atoms with Gasteiger partial charge in [0.15, 0.2) is 0 Å². The van der Waals surface area contributed by atoms with Crippen LogP contribution < -0.4 is 10.6 Å². The zero-order valence-corrected chi connectivity index (χ0v) is 10.9. The van der Waals surface area contributed by atoms with E-state index in [1.54, 1.807) is 0 Å². The van der Waals surface area contributed by atoms with Gasteiger partial charge in [-0.3, -0.25) is 10.1 Å². The number of nitrogens with zero attached hydrogens (tertiary/aromatic N) is 1. The van der Waals surface area contributed by atoms with Crippen molar-refractivity contribution in [3.05, 3.63) is 32.5 Å². The Bertz CT molecular complexity index is 515. The molecule has 5 nitrogen and oxygen atoms in total. The minimum absolute atomic E-state index is 0.0961. The Morgan fingerprint density at radius 2 is 2.11 bits per heavy atom. The van der Waals surface area contributed by atoms with E-state index in [-0.39, 0.29) is 21.9 Å². The molecular formula is C11H11BrFN3O2. The van der Waals surface area contributed by atoms with E-state index in [1.807, 2.05) is 0 Å². The summed E-state index contributed by atoms with van der Waals surface area (Å²) in [6.07, 6.45) is 0. The van der Waals surface area contributed by atoms with Crippen molar-refractivity contribution in [1.82, 2.24) is 5.32 Å². The summed E-state index contributed by atoms with van der Waals surface area (Å²) < 4.78 is 13.6. The fourth-order valence-corrected chi connectivity index (χ4v) is 2.95. The maximum absolute atomic E-state index is 13.5. The number of benzene rings is 1. The van der Waals surface area contributed by atoms with Gasteiger partial charge in [-0.2, -0.15) is 0 Å². The summed E-state index contributed by atoms with van der Waals surface area (Å²) in [5, 5.41) is 17.3. The van der Waals surface area contributed by atoms with E-state index in [1.165, 1.54) is 12.1 Å². The third-order valence-corrected chi connectivity index (χ3v) is 4.26. The number of nitro benzene ring substituents is 1. The second kappa shape index (κ2) is 4.17. The molecule has 1 aliphatic carbocycles. The molecular weight excluding hydrogens is 305 g/mol. The number of fused-ring (bicyclic) bond motifs is 1. The molecule has 2 unspecified atom stereocenters. The van der Waals surface area contributed by atoms with Crippen LogP contribution in [0.2, 0.25) is 0 Å². The van der Waals surface area contributed by atoms with Gasteiger partial charge in [0.05, 0.1) is 9.40 Å². The maximum atomic E-state index is 13.5. The molecule has 1 aliphatic heterocycles. The van der Waals surface area contributed by atoms with Gasteiger partial charge in [-0.1, -0.05) is 0 Å². The van der Waals surface area contributed by atoms with Crippen LogP contribution in [0.1, 0.15) is 0 Å². The summed E-state index contributed by atoms with van der Waals surface area (Å²) in [5.41, 5.74) is 0.168. The van der Waals surface area contributed by atoms with E-state index in [0.717, 1.165) is 13.1 Å². The van der Waals surface area contributed by atoms with Gasteiger partial charge < -0.3 is 10.6 Å². The fraction of sp³-hybridized carbons (Fsp3) is 0.455. The summed E-state index contributed by atoms with van der Waals surface area (Å²) >= 11 is 2.96. The lowest BCUT2D eigenvalue weighted by atomic mass is 10.2. The van der Waals surface area contributed by atoms with Gasteiger partial charge >= 0.3 is 0 Å². The molecule has 1 saturated carbocycles. The minimum Gasteiger partial charge on any atom is -0.376 e. The predicted octanol–water partition coefficient (Wildman–Crippen LogP) is 2.13. The van der Waals surface area contributed by atoms with E-state index in [4.69, 9.17) is 0 Å². The summed E-state index contributed by atoms with van der Waals surface area (Å²) in [7, 11) is 0. The molecule has 3 rings (SSSR count). The Morgan fingerprint density at radius 3 is 2.72 bits per heavy atom. The molecule has 96 valence electrons. The molecule has 18 heavy (non-hydrogen) atoms. The smallest absolute Gasteiger partial charge is 0.293 e. The maximum Gasteiger partial charge on any atom is 0.293 e. The van der Waals surface area contributed by atoms with E-state index < -0.39 is 10.7 Å². The molecule has 1 aromatic carbocycles. The largest absolute Gasteiger partial charge is 0.376 e. The van der Waals surface area contributed by atoms with Crippen molar-refractivity contribution in [2.45, 2.75) is 6.04 Å². The molecule has 7 heteroatoms. The zero-order chi connectivity index (χ0) is 12.9.